The normalized spacial score (nSPS) is 21.0. The average molecular weight is 270 g/mol. The molecule has 1 aromatic rings. The monoisotopic (exact) mass is 270 g/mol. The summed E-state index contributed by atoms with van der Waals surface area (Å²) in [5.74, 6) is -1.12. The van der Waals surface area contributed by atoms with Crippen LogP contribution in [-0.4, -0.2) is 36.4 Å². The number of para-hydroxylation sites is 1. The van der Waals surface area contributed by atoms with Crippen LogP contribution in [-0.2, 0) is 14.8 Å². The van der Waals surface area contributed by atoms with Crippen LogP contribution < -0.4 is 5.73 Å². The Hall–Kier alpha value is -1.60. The zero-order valence-corrected chi connectivity index (χ0v) is 10.4. The van der Waals surface area contributed by atoms with Crippen molar-refractivity contribution >= 4 is 21.7 Å². The Labute approximate surface area is 105 Å². The van der Waals surface area contributed by atoms with E-state index in [0.29, 0.717) is 12.8 Å². The molecule has 0 aromatic heterocycles. The molecular weight excluding hydrogens is 256 g/mol. The van der Waals surface area contributed by atoms with E-state index in [4.69, 9.17) is 10.8 Å². The molecule has 0 unspecified atom stereocenters. The Morgan fingerprint density at radius 1 is 1.39 bits per heavy atom. The second kappa shape index (κ2) is 4.58. The standard InChI is InChI=1S/C11H14N2O4S/c12-8-4-1-2-6-10(8)18(16,17)13-7-3-5-9(13)11(14)15/h1-2,4,6,9H,3,5,7,12H2,(H,14,15)/t9-/m1/s1. The summed E-state index contributed by atoms with van der Waals surface area (Å²) in [6, 6.07) is 5.08. The molecule has 0 saturated carbocycles. The van der Waals surface area contributed by atoms with Crippen LogP contribution in [0.25, 0.3) is 0 Å². The molecule has 1 heterocycles. The lowest BCUT2D eigenvalue weighted by atomic mass is 10.2. The molecule has 0 amide bonds. The maximum atomic E-state index is 12.4. The summed E-state index contributed by atoms with van der Waals surface area (Å²) in [5, 5.41) is 9.03. The summed E-state index contributed by atoms with van der Waals surface area (Å²) < 4.78 is 25.7. The van der Waals surface area contributed by atoms with Crippen LogP contribution in [0, 0.1) is 0 Å². The molecule has 98 valence electrons. The van der Waals surface area contributed by atoms with Gasteiger partial charge in [0.15, 0.2) is 0 Å². The number of hydrogen-bond acceptors (Lipinski definition) is 4. The fourth-order valence-electron chi connectivity index (χ4n) is 2.12. The number of anilines is 1. The van der Waals surface area contributed by atoms with E-state index in [1.54, 1.807) is 12.1 Å². The van der Waals surface area contributed by atoms with Crippen molar-refractivity contribution in [3.05, 3.63) is 24.3 Å². The highest BCUT2D eigenvalue weighted by molar-refractivity contribution is 7.89. The van der Waals surface area contributed by atoms with Crippen molar-refractivity contribution in [2.75, 3.05) is 12.3 Å². The molecule has 0 aliphatic carbocycles. The third-order valence-electron chi connectivity index (χ3n) is 2.99. The molecule has 1 saturated heterocycles. The van der Waals surface area contributed by atoms with Crippen molar-refractivity contribution in [3.8, 4) is 0 Å². The zero-order chi connectivity index (χ0) is 13.3. The number of aliphatic carboxylic acids is 1. The lowest BCUT2D eigenvalue weighted by molar-refractivity contribution is -0.140. The Kier molecular flexibility index (Phi) is 3.27. The SMILES string of the molecule is Nc1ccccc1S(=O)(=O)N1CCC[C@@H]1C(=O)O. The van der Waals surface area contributed by atoms with E-state index in [2.05, 4.69) is 0 Å². The van der Waals surface area contributed by atoms with Gasteiger partial charge in [-0.2, -0.15) is 4.31 Å². The van der Waals surface area contributed by atoms with Gasteiger partial charge in [0, 0.05) is 6.54 Å². The van der Waals surface area contributed by atoms with Crippen LogP contribution in [0.2, 0.25) is 0 Å². The van der Waals surface area contributed by atoms with Crippen LogP contribution in [0.15, 0.2) is 29.2 Å². The fourth-order valence-corrected chi connectivity index (χ4v) is 3.89. The number of nitrogen functional groups attached to an aromatic ring is 1. The third kappa shape index (κ3) is 2.06. The fraction of sp³-hybridized carbons (Fsp3) is 0.364. The van der Waals surface area contributed by atoms with Gasteiger partial charge in [0.25, 0.3) is 0 Å². The van der Waals surface area contributed by atoms with E-state index in [1.807, 2.05) is 0 Å². The van der Waals surface area contributed by atoms with Crippen LogP contribution in [0.1, 0.15) is 12.8 Å². The first kappa shape index (κ1) is 12.8. The molecule has 6 nitrogen and oxygen atoms in total. The summed E-state index contributed by atoms with van der Waals surface area (Å²) in [7, 11) is -3.84. The topological polar surface area (TPSA) is 101 Å². The minimum absolute atomic E-state index is 0.0295. The van der Waals surface area contributed by atoms with E-state index < -0.39 is 22.0 Å². The summed E-state index contributed by atoms with van der Waals surface area (Å²) in [4.78, 5) is 11.0. The highest BCUT2D eigenvalue weighted by Crippen LogP contribution is 2.28. The first-order valence-electron chi connectivity index (χ1n) is 5.54. The zero-order valence-electron chi connectivity index (χ0n) is 9.61. The van der Waals surface area contributed by atoms with E-state index in [-0.39, 0.29) is 17.1 Å². The van der Waals surface area contributed by atoms with Gasteiger partial charge in [-0.25, -0.2) is 8.42 Å². The van der Waals surface area contributed by atoms with E-state index in [9.17, 15) is 13.2 Å². The van der Waals surface area contributed by atoms with Gasteiger partial charge in [-0.1, -0.05) is 12.1 Å². The van der Waals surface area contributed by atoms with Crippen LogP contribution in [0.3, 0.4) is 0 Å². The number of rotatable bonds is 3. The van der Waals surface area contributed by atoms with Crippen molar-refractivity contribution in [3.63, 3.8) is 0 Å². The molecule has 0 spiro atoms. The molecule has 2 rings (SSSR count). The van der Waals surface area contributed by atoms with Crippen molar-refractivity contribution in [2.45, 2.75) is 23.8 Å². The van der Waals surface area contributed by atoms with Gasteiger partial charge >= 0.3 is 5.97 Å². The minimum Gasteiger partial charge on any atom is -0.480 e. The molecule has 1 aliphatic heterocycles. The molecule has 1 fully saturated rings. The Bertz CT molecular complexity index is 570. The number of benzene rings is 1. The largest absolute Gasteiger partial charge is 0.480 e. The molecule has 1 atom stereocenters. The Morgan fingerprint density at radius 2 is 2.06 bits per heavy atom. The van der Waals surface area contributed by atoms with Gasteiger partial charge in [0.05, 0.1) is 5.69 Å². The second-order valence-corrected chi connectivity index (χ2v) is 6.01. The lowest BCUT2D eigenvalue weighted by Crippen LogP contribution is -2.40. The molecule has 1 aromatic carbocycles. The van der Waals surface area contributed by atoms with Gasteiger partial charge in [0.2, 0.25) is 10.0 Å². The average Bonchev–Trinajstić information content (AvgIpc) is 2.78. The highest BCUT2D eigenvalue weighted by atomic mass is 32.2. The van der Waals surface area contributed by atoms with Crippen LogP contribution >= 0.6 is 0 Å². The molecule has 18 heavy (non-hydrogen) atoms. The van der Waals surface area contributed by atoms with Gasteiger partial charge < -0.3 is 10.8 Å². The van der Waals surface area contributed by atoms with Gasteiger partial charge in [-0.15, -0.1) is 0 Å². The van der Waals surface area contributed by atoms with Crippen molar-refractivity contribution < 1.29 is 18.3 Å². The van der Waals surface area contributed by atoms with E-state index in [0.717, 1.165) is 4.31 Å². The number of carbonyl (C=O) groups is 1. The van der Waals surface area contributed by atoms with Crippen LogP contribution in [0.5, 0.6) is 0 Å². The van der Waals surface area contributed by atoms with Gasteiger partial charge in [-0.3, -0.25) is 4.79 Å². The molecule has 0 bridgehead atoms. The maximum Gasteiger partial charge on any atom is 0.322 e. The summed E-state index contributed by atoms with van der Waals surface area (Å²) in [6.07, 6.45) is 0.879. The minimum atomic E-state index is -3.84. The van der Waals surface area contributed by atoms with Crippen molar-refractivity contribution in [1.29, 1.82) is 0 Å². The summed E-state index contributed by atoms with van der Waals surface area (Å²) in [5.41, 5.74) is 5.78. The highest BCUT2D eigenvalue weighted by Gasteiger charge is 2.39. The second-order valence-electron chi connectivity index (χ2n) is 4.15. The number of nitrogens with zero attached hydrogens (tertiary/aromatic N) is 1. The number of carboxylic acid groups (broad SMARTS) is 1. The smallest absolute Gasteiger partial charge is 0.322 e. The molecule has 3 N–H and O–H groups in total. The van der Waals surface area contributed by atoms with Crippen LogP contribution in [0.4, 0.5) is 5.69 Å². The quantitative estimate of drug-likeness (QED) is 0.779. The van der Waals surface area contributed by atoms with E-state index >= 15 is 0 Å². The number of sulfonamides is 1. The molecule has 1 aliphatic rings. The molecular formula is C11H14N2O4S. The van der Waals surface area contributed by atoms with Gasteiger partial charge in [0.1, 0.15) is 10.9 Å². The summed E-state index contributed by atoms with van der Waals surface area (Å²) >= 11 is 0. The predicted octanol–water partition coefficient (Wildman–Crippen LogP) is 0.506. The third-order valence-corrected chi connectivity index (χ3v) is 4.98. The summed E-state index contributed by atoms with van der Waals surface area (Å²) in [6.45, 7) is 0.216. The first-order chi connectivity index (χ1) is 8.44. The molecule has 0 radical (unpaired) electrons. The number of hydrogen-bond donors (Lipinski definition) is 2. The van der Waals surface area contributed by atoms with E-state index in [1.165, 1.54) is 12.1 Å². The van der Waals surface area contributed by atoms with Crippen molar-refractivity contribution in [1.82, 2.24) is 4.31 Å². The lowest BCUT2D eigenvalue weighted by Gasteiger charge is -2.21. The van der Waals surface area contributed by atoms with Gasteiger partial charge in [-0.05, 0) is 25.0 Å². The Morgan fingerprint density at radius 3 is 2.67 bits per heavy atom. The number of carboxylic acids is 1. The van der Waals surface area contributed by atoms with Crippen molar-refractivity contribution in [2.24, 2.45) is 0 Å². The number of nitrogens with two attached hydrogens (primary N) is 1. The predicted molar refractivity (Wildman–Crippen MR) is 65.4 cm³/mol. The first-order valence-corrected chi connectivity index (χ1v) is 6.98. The Balaban J connectivity index is 2.43. The maximum absolute atomic E-state index is 12.4. The molecule has 7 heteroatoms.